The molecule has 2 rings (SSSR count). The lowest BCUT2D eigenvalue weighted by Gasteiger charge is -2.20. The van der Waals surface area contributed by atoms with Crippen LogP contribution in [-0.4, -0.2) is 27.6 Å². The lowest BCUT2D eigenvalue weighted by atomic mass is 10.3. The van der Waals surface area contributed by atoms with Crippen LogP contribution in [0, 0.1) is 0 Å². The van der Waals surface area contributed by atoms with Crippen molar-refractivity contribution in [1.29, 1.82) is 0 Å². The number of anilines is 2. The third-order valence-electron chi connectivity index (χ3n) is 3.61. The van der Waals surface area contributed by atoms with Gasteiger partial charge in [-0.25, -0.2) is 9.97 Å². The van der Waals surface area contributed by atoms with Gasteiger partial charge in [0, 0.05) is 25.3 Å². The van der Waals surface area contributed by atoms with Crippen molar-refractivity contribution in [2.75, 3.05) is 23.3 Å². The van der Waals surface area contributed by atoms with Gasteiger partial charge in [-0.2, -0.15) is 0 Å². The molecule has 1 N–H and O–H groups in total. The molecule has 0 atom stereocenters. The quantitative estimate of drug-likeness (QED) is 0.848. The van der Waals surface area contributed by atoms with Crippen LogP contribution in [0.2, 0.25) is 0 Å². The number of rotatable bonds is 7. The predicted octanol–water partition coefficient (Wildman–Crippen LogP) is 3.32. The summed E-state index contributed by atoms with van der Waals surface area (Å²) in [6.07, 6.45) is 5.68. The van der Waals surface area contributed by atoms with Crippen molar-refractivity contribution >= 4 is 11.5 Å². The molecule has 0 aliphatic rings. The molecule has 5 nitrogen and oxygen atoms in total. The smallest absolute Gasteiger partial charge is 0.128 e. The normalized spacial score (nSPS) is 10.9. The van der Waals surface area contributed by atoms with E-state index >= 15 is 0 Å². The molecule has 21 heavy (non-hydrogen) atoms. The van der Waals surface area contributed by atoms with Gasteiger partial charge in [-0.3, -0.25) is 0 Å². The van der Waals surface area contributed by atoms with E-state index < -0.39 is 0 Å². The van der Waals surface area contributed by atoms with Gasteiger partial charge in [-0.05, 0) is 39.8 Å². The van der Waals surface area contributed by atoms with Crippen LogP contribution in [-0.2, 0) is 6.54 Å². The minimum atomic E-state index is 0.424. The first-order valence-corrected chi connectivity index (χ1v) is 7.61. The molecule has 0 fully saturated rings. The summed E-state index contributed by atoms with van der Waals surface area (Å²) in [4.78, 5) is 11.0. The van der Waals surface area contributed by atoms with Gasteiger partial charge >= 0.3 is 0 Å². The van der Waals surface area contributed by atoms with Crippen LogP contribution in [0.25, 0.3) is 0 Å². The first-order chi connectivity index (χ1) is 10.2. The lowest BCUT2D eigenvalue weighted by molar-refractivity contribution is 0.577. The van der Waals surface area contributed by atoms with E-state index in [2.05, 4.69) is 64.6 Å². The molecule has 5 heteroatoms. The Balaban J connectivity index is 1.99. The molecule has 2 aromatic heterocycles. The van der Waals surface area contributed by atoms with E-state index in [1.165, 1.54) is 5.69 Å². The second kappa shape index (κ2) is 7.11. The summed E-state index contributed by atoms with van der Waals surface area (Å²) in [7, 11) is 0. The summed E-state index contributed by atoms with van der Waals surface area (Å²) in [5.74, 6) is 1.03. The van der Waals surface area contributed by atoms with Crippen molar-refractivity contribution in [2.45, 2.75) is 40.3 Å². The van der Waals surface area contributed by atoms with Crippen molar-refractivity contribution in [3.05, 3.63) is 36.5 Å². The van der Waals surface area contributed by atoms with E-state index in [1.807, 2.05) is 18.7 Å². The van der Waals surface area contributed by atoms with E-state index in [1.54, 1.807) is 0 Å². The summed E-state index contributed by atoms with van der Waals surface area (Å²) < 4.78 is 2.17. The predicted molar refractivity (Wildman–Crippen MR) is 87.7 cm³/mol. The molecule has 0 aliphatic carbocycles. The maximum Gasteiger partial charge on any atom is 0.128 e. The average Bonchev–Trinajstić information content (AvgIpc) is 2.96. The van der Waals surface area contributed by atoms with Crippen LogP contribution >= 0.6 is 0 Å². The molecule has 0 aromatic carbocycles. The highest BCUT2D eigenvalue weighted by molar-refractivity contribution is 5.48. The Morgan fingerprint density at radius 1 is 1.19 bits per heavy atom. The number of nitrogens with zero attached hydrogens (tertiary/aromatic N) is 4. The topological polar surface area (TPSA) is 46.0 Å². The van der Waals surface area contributed by atoms with Crippen LogP contribution < -0.4 is 10.2 Å². The highest BCUT2D eigenvalue weighted by atomic mass is 15.2. The zero-order valence-electron chi connectivity index (χ0n) is 13.4. The van der Waals surface area contributed by atoms with Crippen LogP contribution in [0.4, 0.5) is 11.5 Å². The van der Waals surface area contributed by atoms with Gasteiger partial charge in [-0.1, -0.05) is 0 Å². The second-order valence-electron chi connectivity index (χ2n) is 5.32. The van der Waals surface area contributed by atoms with Gasteiger partial charge in [0.2, 0.25) is 0 Å². The van der Waals surface area contributed by atoms with Crippen molar-refractivity contribution in [2.24, 2.45) is 0 Å². The molecule has 0 unspecified atom stereocenters. The minimum absolute atomic E-state index is 0.424. The Hall–Kier alpha value is -2.04. The van der Waals surface area contributed by atoms with E-state index in [0.29, 0.717) is 6.04 Å². The molecule has 0 aliphatic heterocycles. The van der Waals surface area contributed by atoms with Crippen LogP contribution in [0.5, 0.6) is 0 Å². The van der Waals surface area contributed by atoms with Gasteiger partial charge in [-0.15, -0.1) is 0 Å². The Bertz CT molecular complexity index is 540. The summed E-state index contributed by atoms with van der Waals surface area (Å²) in [5.41, 5.74) is 2.21. The molecule has 0 radical (unpaired) electrons. The molecule has 0 bridgehead atoms. The van der Waals surface area contributed by atoms with Gasteiger partial charge in [0.15, 0.2) is 0 Å². The van der Waals surface area contributed by atoms with E-state index in [-0.39, 0.29) is 0 Å². The third-order valence-corrected chi connectivity index (χ3v) is 3.61. The zero-order valence-corrected chi connectivity index (χ0v) is 13.4. The summed E-state index contributed by atoms with van der Waals surface area (Å²) in [6.45, 7) is 11.3. The highest BCUT2D eigenvalue weighted by Crippen LogP contribution is 2.15. The Morgan fingerprint density at radius 3 is 2.52 bits per heavy atom. The summed E-state index contributed by atoms with van der Waals surface area (Å²) in [6, 6.07) is 4.57. The highest BCUT2D eigenvalue weighted by Gasteiger charge is 2.06. The second-order valence-corrected chi connectivity index (χ2v) is 5.32. The maximum absolute atomic E-state index is 4.52. The fourth-order valence-electron chi connectivity index (χ4n) is 2.35. The Morgan fingerprint density at radius 2 is 1.95 bits per heavy atom. The van der Waals surface area contributed by atoms with Crippen molar-refractivity contribution < 1.29 is 0 Å². The fraction of sp³-hybridized carbons (Fsp3) is 0.500. The maximum atomic E-state index is 4.52. The van der Waals surface area contributed by atoms with Gasteiger partial charge in [0.25, 0.3) is 0 Å². The van der Waals surface area contributed by atoms with Crippen LogP contribution in [0.15, 0.2) is 30.9 Å². The number of nitrogens with one attached hydrogen (secondary N) is 1. The lowest BCUT2D eigenvalue weighted by Crippen LogP contribution is -2.22. The van der Waals surface area contributed by atoms with Gasteiger partial charge in [0.05, 0.1) is 30.5 Å². The van der Waals surface area contributed by atoms with Crippen LogP contribution in [0.3, 0.4) is 0 Å². The number of pyridine rings is 1. The first kappa shape index (κ1) is 15.4. The molecule has 0 saturated heterocycles. The first-order valence-electron chi connectivity index (χ1n) is 7.61. The number of hydrogen-bond donors (Lipinski definition) is 1. The Labute approximate surface area is 127 Å². The monoisotopic (exact) mass is 287 g/mol. The largest absolute Gasteiger partial charge is 0.378 e. The Kier molecular flexibility index (Phi) is 5.20. The molecule has 0 spiro atoms. The number of aromatic nitrogens is 3. The molecule has 2 aromatic rings. The van der Waals surface area contributed by atoms with Crippen molar-refractivity contribution in [3.63, 3.8) is 0 Å². The minimum Gasteiger partial charge on any atom is -0.378 e. The van der Waals surface area contributed by atoms with Gasteiger partial charge < -0.3 is 14.8 Å². The zero-order chi connectivity index (χ0) is 15.2. The number of imidazole rings is 1. The molecule has 114 valence electrons. The SMILES string of the molecule is CCN(CC)c1ccc(NCc2cncn2C(C)C)cn1. The van der Waals surface area contributed by atoms with Crippen LogP contribution in [0.1, 0.15) is 39.4 Å². The fourth-order valence-corrected chi connectivity index (χ4v) is 2.35. The van der Waals surface area contributed by atoms with Crippen molar-refractivity contribution in [1.82, 2.24) is 14.5 Å². The van der Waals surface area contributed by atoms with E-state index in [4.69, 9.17) is 0 Å². The third kappa shape index (κ3) is 3.74. The summed E-state index contributed by atoms with van der Waals surface area (Å²) in [5, 5.41) is 3.40. The summed E-state index contributed by atoms with van der Waals surface area (Å²) >= 11 is 0. The van der Waals surface area contributed by atoms with E-state index in [0.717, 1.165) is 31.1 Å². The van der Waals surface area contributed by atoms with E-state index in [9.17, 15) is 0 Å². The number of hydrogen-bond acceptors (Lipinski definition) is 4. The molecular weight excluding hydrogens is 262 g/mol. The standard InChI is InChI=1S/C16H25N5/c1-5-20(6-2)16-8-7-14(9-19-16)18-11-15-10-17-12-21(15)13(3)4/h7-10,12-13,18H,5-6,11H2,1-4H3. The van der Waals surface area contributed by atoms with Gasteiger partial charge in [0.1, 0.15) is 5.82 Å². The average molecular weight is 287 g/mol. The molecular formula is C16H25N5. The molecule has 0 amide bonds. The molecule has 2 heterocycles. The molecule has 0 saturated carbocycles. The van der Waals surface area contributed by atoms with Crippen molar-refractivity contribution in [3.8, 4) is 0 Å².